The average molecular weight is 305 g/mol. The molecule has 3 rings (SSSR count). The van der Waals surface area contributed by atoms with E-state index in [1.54, 1.807) is 0 Å². The van der Waals surface area contributed by atoms with Crippen LogP contribution in [0.5, 0.6) is 0 Å². The van der Waals surface area contributed by atoms with Gasteiger partial charge in [-0.3, -0.25) is 4.79 Å². The lowest BCUT2D eigenvalue weighted by Crippen LogP contribution is -2.29. The number of fused-ring (bicyclic) bond motifs is 1. The fraction of sp³-hybridized carbons (Fsp3) is 0.214. The van der Waals surface area contributed by atoms with Gasteiger partial charge >= 0.3 is 0 Å². The zero-order chi connectivity index (χ0) is 12.5. The van der Waals surface area contributed by atoms with Crippen LogP contribution in [-0.2, 0) is 11.3 Å². The normalized spacial score (nSPS) is 22.6. The first-order valence-electron chi connectivity index (χ1n) is 5.92. The molecule has 1 aromatic carbocycles. The highest BCUT2D eigenvalue weighted by atomic mass is 79.9. The Balaban J connectivity index is 1.82. The van der Waals surface area contributed by atoms with Gasteiger partial charge in [-0.25, -0.2) is 5.43 Å². The Morgan fingerprint density at radius 3 is 2.83 bits per heavy atom. The number of halogens is 1. The number of Topliss-reactive ketones (excluding diaryl/α,β-unsaturated/α-hetero) is 1. The minimum Gasteiger partial charge on any atom is -0.307 e. The van der Waals surface area contributed by atoms with Crippen LogP contribution in [0.2, 0.25) is 0 Å². The van der Waals surface area contributed by atoms with Crippen molar-refractivity contribution in [3.63, 3.8) is 0 Å². The minimum atomic E-state index is -0.0481. The Kier molecular flexibility index (Phi) is 3.06. The molecule has 1 aliphatic heterocycles. The van der Waals surface area contributed by atoms with Crippen molar-refractivity contribution >= 4 is 21.7 Å². The molecule has 1 aliphatic carbocycles. The molecule has 1 fully saturated rings. The van der Waals surface area contributed by atoms with Crippen molar-refractivity contribution in [3.8, 4) is 0 Å². The molecule has 0 saturated carbocycles. The van der Waals surface area contributed by atoms with Crippen LogP contribution in [0.25, 0.3) is 0 Å². The average Bonchev–Trinajstić information content (AvgIpc) is 2.79. The Hall–Kier alpha value is -1.39. The number of hydrogen-bond donors (Lipinski definition) is 1. The lowest BCUT2D eigenvalue weighted by molar-refractivity contribution is -0.117. The molecule has 3 nitrogen and oxygen atoms in total. The summed E-state index contributed by atoms with van der Waals surface area (Å²) >= 11 is 3.30. The van der Waals surface area contributed by atoms with Gasteiger partial charge in [0.2, 0.25) is 0 Å². The zero-order valence-corrected chi connectivity index (χ0v) is 11.4. The van der Waals surface area contributed by atoms with Gasteiger partial charge in [-0.15, -0.1) is 0 Å². The molecular formula is C14H13BrN2O. The number of carbonyl (C=O) groups excluding carboxylic acids is 1. The van der Waals surface area contributed by atoms with Crippen molar-refractivity contribution in [2.24, 2.45) is 5.92 Å². The molecule has 0 spiro atoms. The fourth-order valence-corrected chi connectivity index (χ4v) is 2.75. The van der Waals surface area contributed by atoms with E-state index in [0.717, 1.165) is 12.2 Å². The molecule has 0 bridgehead atoms. The lowest BCUT2D eigenvalue weighted by atomic mass is 9.96. The van der Waals surface area contributed by atoms with E-state index in [2.05, 4.69) is 38.5 Å². The van der Waals surface area contributed by atoms with E-state index in [-0.39, 0.29) is 11.7 Å². The first-order valence-corrected chi connectivity index (χ1v) is 6.71. The SMILES string of the molecule is O=C1C(Br)=CC=C2C1CNN2Cc1ccccc1. The third kappa shape index (κ3) is 2.02. The molecule has 1 unspecified atom stereocenters. The van der Waals surface area contributed by atoms with Crippen LogP contribution in [0.15, 0.2) is 52.7 Å². The van der Waals surface area contributed by atoms with Crippen molar-refractivity contribution in [3.05, 3.63) is 58.2 Å². The highest BCUT2D eigenvalue weighted by Crippen LogP contribution is 2.31. The van der Waals surface area contributed by atoms with E-state index >= 15 is 0 Å². The van der Waals surface area contributed by atoms with E-state index < -0.39 is 0 Å². The standard InChI is InChI=1S/C14H13BrN2O/c15-12-6-7-13-11(14(12)18)8-16-17(13)9-10-4-2-1-3-5-10/h1-7,11,16H,8-9H2. The maximum Gasteiger partial charge on any atom is 0.180 e. The first-order chi connectivity index (χ1) is 8.75. The molecule has 0 radical (unpaired) electrons. The quantitative estimate of drug-likeness (QED) is 0.910. The van der Waals surface area contributed by atoms with E-state index in [9.17, 15) is 4.79 Å². The monoisotopic (exact) mass is 304 g/mol. The smallest absolute Gasteiger partial charge is 0.180 e. The summed E-state index contributed by atoms with van der Waals surface area (Å²) < 4.78 is 0.666. The maximum atomic E-state index is 12.0. The van der Waals surface area contributed by atoms with Gasteiger partial charge in [0.25, 0.3) is 0 Å². The second-order valence-corrected chi connectivity index (χ2v) is 5.31. The summed E-state index contributed by atoms with van der Waals surface area (Å²) in [7, 11) is 0. The van der Waals surface area contributed by atoms with Gasteiger partial charge in [0, 0.05) is 12.2 Å². The van der Waals surface area contributed by atoms with Crippen molar-refractivity contribution in [2.45, 2.75) is 6.54 Å². The predicted molar refractivity (Wildman–Crippen MR) is 73.6 cm³/mol. The molecule has 1 N–H and O–H groups in total. The highest BCUT2D eigenvalue weighted by molar-refractivity contribution is 9.12. The molecule has 2 aliphatic rings. The van der Waals surface area contributed by atoms with Crippen LogP contribution < -0.4 is 5.43 Å². The van der Waals surface area contributed by atoms with Gasteiger partial charge in [0.15, 0.2) is 5.78 Å². The first kappa shape index (κ1) is 11.7. The van der Waals surface area contributed by atoms with Gasteiger partial charge in [-0.05, 0) is 33.6 Å². The van der Waals surface area contributed by atoms with Crippen LogP contribution in [-0.4, -0.2) is 17.3 Å². The Bertz CT molecular complexity index is 536. The Morgan fingerprint density at radius 1 is 1.28 bits per heavy atom. The maximum absolute atomic E-state index is 12.0. The van der Waals surface area contributed by atoms with Crippen LogP contribution in [0.3, 0.4) is 0 Å². The summed E-state index contributed by atoms with van der Waals surface area (Å²) in [6, 6.07) is 10.2. The lowest BCUT2D eigenvalue weighted by Gasteiger charge is -2.22. The zero-order valence-electron chi connectivity index (χ0n) is 9.77. The van der Waals surface area contributed by atoms with Crippen LogP contribution >= 0.6 is 15.9 Å². The van der Waals surface area contributed by atoms with Crippen molar-refractivity contribution in [2.75, 3.05) is 6.54 Å². The van der Waals surface area contributed by atoms with Crippen molar-refractivity contribution in [1.82, 2.24) is 10.4 Å². The number of nitrogens with one attached hydrogen (secondary N) is 1. The van der Waals surface area contributed by atoms with Crippen molar-refractivity contribution in [1.29, 1.82) is 0 Å². The van der Waals surface area contributed by atoms with Crippen LogP contribution in [0.1, 0.15) is 5.56 Å². The molecule has 1 aromatic rings. The number of carbonyl (C=O) groups is 1. The highest BCUT2D eigenvalue weighted by Gasteiger charge is 2.35. The molecule has 0 aromatic heterocycles. The largest absolute Gasteiger partial charge is 0.307 e. The van der Waals surface area contributed by atoms with E-state index in [0.29, 0.717) is 11.0 Å². The van der Waals surface area contributed by atoms with Crippen LogP contribution in [0.4, 0.5) is 0 Å². The number of ketones is 1. The fourth-order valence-electron chi connectivity index (χ4n) is 2.34. The number of allylic oxidation sites excluding steroid dienone is 3. The van der Waals surface area contributed by atoms with Gasteiger partial charge in [-0.2, -0.15) is 0 Å². The van der Waals surface area contributed by atoms with Crippen molar-refractivity contribution < 1.29 is 4.79 Å². The topological polar surface area (TPSA) is 32.3 Å². The number of nitrogens with zero attached hydrogens (tertiary/aromatic N) is 1. The predicted octanol–water partition coefficient (Wildman–Crippen LogP) is 2.37. The molecule has 18 heavy (non-hydrogen) atoms. The Morgan fingerprint density at radius 2 is 2.06 bits per heavy atom. The summed E-state index contributed by atoms with van der Waals surface area (Å²) in [5.74, 6) is 0.114. The third-order valence-corrected chi connectivity index (χ3v) is 3.95. The summed E-state index contributed by atoms with van der Waals surface area (Å²) in [6.45, 7) is 1.46. The number of hydrazine groups is 1. The van der Waals surface area contributed by atoms with Gasteiger partial charge in [-0.1, -0.05) is 30.3 Å². The van der Waals surface area contributed by atoms with Crippen LogP contribution in [0, 0.1) is 5.92 Å². The van der Waals surface area contributed by atoms with E-state index in [1.807, 2.05) is 30.4 Å². The summed E-state index contributed by atoms with van der Waals surface area (Å²) in [5.41, 5.74) is 5.58. The number of hydrogen-bond acceptors (Lipinski definition) is 3. The number of rotatable bonds is 2. The summed E-state index contributed by atoms with van der Waals surface area (Å²) in [5, 5.41) is 2.06. The molecule has 1 saturated heterocycles. The molecule has 4 heteroatoms. The second-order valence-electron chi connectivity index (χ2n) is 4.46. The molecule has 1 atom stereocenters. The third-order valence-electron chi connectivity index (χ3n) is 3.29. The Labute approximate surface area is 114 Å². The van der Waals surface area contributed by atoms with Gasteiger partial charge in [0.1, 0.15) is 0 Å². The van der Waals surface area contributed by atoms with Gasteiger partial charge in [0.05, 0.1) is 16.9 Å². The van der Waals surface area contributed by atoms with Gasteiger partial charge < -0.3 is 5.01 Å². The van der Waals surface area contributed by atoms with E-state index in [1.165, 1.54) is 5.56 Å². The minimum absolute atomic E-state index is 0.0481. The molecule has 92 valence electrons. The summed E-state index contributed by atoms with van der Waals surface area (Å²) in [4.78, 5) is 12.0. The molecular weight excluding hydrogens is 292 g/mol. The van der Waals surface area contributed by atoms with E-state index in [4.69, 9.17) is 0 Å². The molecule has 1 heterocycles. The molecule has 0 amide bonds. The summed E-state index contributed by atoms with van der Waals surface area (Å²) in [6.07, 6.45) is 3.85. The number of benzene rings is 1. The second kappa shape index (κ2) is 4.71.